The van der Waals surface area contributed by atoms with Crippen molar-refractivity contribution >= 4 is 15.9 Å². The van der Waals surface area contributed by atoms with Crippen molar-refractivity contribution in [2.75, 3.05) is 20.6 Å². The molecule has 2 atom stereocenters. The minimum Gasteiger partial charge on any atom is -0.361 e. The first-order chi connectivity index (χ1) is 11.0. The topological polar surface area (TPSA) is 12.5 Å². The van der Waals surface area contributed by atoms with Crippen LogP contribution in [0.1, 0.15) is 41.7 Å². The van der Waals surface area contributed by atoms with Gasteiger partial charge < -0.3 is 9.64 Å². The van der Waals surface area contributed by atoms with Crippen molar-refractivity contribution in [2.45, 2.75) is 25.0 Å². The molecule has 122 valence electrons. The molecule has 0 fully saturated rings. The largest absolute Gasteiger partial charge is 0.361 e. The number of rotatable bonds is 5. The summed E-state index contributed by atoms with van der Waals surface area (Å²) < 4.78 is 20.6. The Hall–Kier alpha value is -1.23. The summed E-state index contributed by atoms with van der Waals surface area (Å²) in [5, 5.41) is 0. The molecule has 1 aliphatic rings. The van der Waals surface area contributed by atoms with Crippen LogP contribution in [0.4, 0.5) is 4.39 Å². The van der Waals surface area contributed by atoms with Gasteiger partial charge in [0.2, 0.25) is 0 Å². The van der Waals surface area contributed by atoms with E-state index in [1.54, 1.807) is 0 Å². The van der Waals surface area contributed by atoms with Gasteiger partial charge in [0.15, 0.2) is 0 Å². The lowest BCUT2D eigenvalue weighted by atomic mass is 9.96. The molecule has 0 aromatic heterocycles. The van der Waals surface area contributed by atoms with E-state index < -0.39 is 0 Å². The summed E-state index contributed by atoms with van der Waals surface area (Å²) >= 11 is 3.55. The maximum absolute atomic E-state index is 13.2. The third kappa shape index (κ3) is 3.82. The van der Waals surface area contributed by atoms with Gasteiger partial charge in [-0.15, -0.1) is 0 Å². The lowest BCUT2D eigenvalue weighted by Crippen LogP contribution is -2.14. The number of hydrogen-bond donors (Lipinski definition) is 0. The second-order valence-corrected chi connectivity index (χ2v) is 7.19. The monoisotopic (exact) mass is 377 g/mol. The molecule has 0 amide bonds. The molecule has 0 N–H and O–H groups in total. The average Bonchev–Trinajstić information content (AvgIpc) is 2.86. The Kier molecular flexibility index (Phi) is 5.14. The molecule has 0 bridgehead atoms. The van der Waals surface area contributed by atoms with Gasteiger partial charge in [0, 0.05) is 4.47 Å². The fraction of sp³-hybridized carbons (Fsp3) is 0.368. The van der Waals surface area contributed by atoms with Gasteiger partial charge in [-0.1, -0.05) is 34.1 Å². The van der Waals surface area contributed by atoms with Crippen LogP contribution in [0.15, 0.2) is 46.9 Å². The SMILES string of the molecule is CN(C)CCCC1OC(c2ccc(F)cc2)c2cc(Br)ccc21. The third-order valence-corrected chi connectivity index (χ3v) is 4.72. The van der Waals surface area contributed by atoms with Gasteiger partial charge in [0.1, 0.15) is 11.9 Å². The smallest absolute Gasteiger partial charge is 0.123 e. The molecular formula is C19H21BrFNO. The van der Waals surface area contributed by atoms with Crippen LogP contribution in [-0.4, -0.2) is 25.5 Å². The molecule has 2 aromatic rings. The molecule has 1 heterocycles. The van der Waals surface area contributed by atoms with Crippen LogP contribution in [-0.2, 0) is 4.74 Å². The van der Waals surface area contributed by atoms with Crippen LogP contribution in [0.5, 0.6) is 0 Å². The Labute approximate surface area is 145 Å². The zero-order valence-electron chi connectivity index (χ0n) is 13.4. The van der Waals surface area contributed by atoms with Crippen molar-refractivity contribution < 1.29 is 9.13 Å². The van der Waals surface area contributed by atoms with Crippen molar-refractivity contribution in [1.29, 1.82) is 0 Å². The Bertz CT molecular complexity index is 672. The van der Waals surface area contributed by atoms with E-state index in [9.17, 15) is 4.39 Å². The van der Waals surface area contributed by atoms with Gasteiger partial charge in [0.25, 0.3) is 0 Å². The van der Waals surface area contributed by atoms with Gasteiger partial charge >= 0.3 is 0 Å². The number of benzene rings is 2. The van der Waals surface area contributed by atoms with Crippen LogP contribution in [0.3, 0.4) is 0 Å². The van der Waals surface area contributed by atoms with Crippen LogP contribution in [0.25, 0.3) is 0 Å². The molecule has 0 radical (unpaired) electrons. The van der Waals surface area contributed by atoms with Gasteiger partial charge in [-0.3, -0.25) is 0 Å². The number of hydrogen-bond acceptors (Lipinski definition) is 2. The van der Waals surface area contributed by atoms with Crippen LogP contribution in [0, 0.1) is 5.82 Å². The number of fused-ring (bicyclic) bond motifs is 1. The van der Waals surface area contributed by atoms with E-state index in [1.165, 1.54) is 23.3 Å². The van der Waals surface area contributed by atoms with Crippen LogP contribution in [0.2, 0.25) is 0 Å². The fourth-order valence-electron chi connectivity index (χ4n) is 3.09. The van der Waals surface area contributed by atoms with Crippen LogP contribution >= 0.6 is 15.9 Å². The number of nitrogens with zero attached hydrogens (tertiary/aromatic N) is 1. The van der Waals surface area contributed by atoms with E-state index >= 15 is 0 Å². The Morgan fingerprint density at radius 3 is 2.52 bits per heavy atom. The lowest BCUT2D eigenvalue weighted by Gasteiger charge is -2.16. The molecule has 23 heavy (non-hydrogen) atoms. The van der Waals surface area contributed by atoms with Crippen molar-refractivity contribution in [1.82, 2.24) is 4.90 Å². The summed E-state index contributed by atoms with van der Waals surface area (Å²) in [4.78, 5) is 2.19. The summed E-state index contributed by atoms with van der Waals surface area (Å²) in [7, 11) is 4.17. The van der Waals surface area contributed by atoms with Gasteiger partial charge in [-0.2, -0.15) is 0 Å². The van der Waals surface area contributed by atoms with Crippen molar-refractivity contribution in [3.05, 3.63) is 69.4 Å². The van der Waals surface area contributed by atoms with E-state index in [4.69, 9.17) is 4.74 Å². The maximum atomic E-state index is 13.2. The first-order valence-electron chi connectivity index (χ1n) is 7.89. The molecule has 2 unspecified atom stereocenters. The highest BCUT2D eigenvalue weighted by molar-refractivity contribution is 9.10. The van der Waals surface area contributed by atoms with Crippen molar-refractivity contribution in [2.24, 2.45) is 0 Å². The fourth-order valence-corrected chi connectivity index (χ4v) is 3.47. The summed E-state index contributed by atoms with van der Waals surface area (Å²) in [5.74, 6) is -0.219. The van der Waals surface area contributed by atoms with E-state index in [1.807, 2.05) is 12.1 Å². The standard InChI is InChI=1S/C19H21BrFNO/c1-22(2)11-3-4-18-16-10-7-14(20)12-17(16)19(23-18)13-5-8-15(21)9-6-13/h5-10,12,18-19H,3-4,11H2,1-2H3. The molecule has 0 spiro atoms. The van der Waals surface area contributed by atoms with Crippen molar-refractivity contribution in [3.8, 4) is 0 Å². The molecule has 0 saturated carbocycles. The molecule has 1 aliphatic heterocycles. The highest BCUT2D eigenvalue weighted by atomic mass is 79.9. The Morgan fingerprint density at radius 2 is 1.83 bits per heavy atom. The maximum Gasteiger partial charge on any atom is 0.123 e. The first kappa shape index (κ1) is 16.6. The first-order valence-corrected chi connectivity index (χ1v) is 8.69. The molecule has 2 nitrogen and oxygen atoms in total. The molecule has 0 saturated heterocycles. The molecular weight excluding hydrogens is 357 g/mol. The summed E-state index contributed by atoms with van der Waals surface area (Å²) in [6.45, 7) is 1.05. The van der Waals surface area contributed by atoms with Crippen LogP contribution < -0.4 is 0 Å². The van der Waals surface area contributed by atoms with Gasteiger partial charge in [-0.05, 0) is 74.4 Å². The minimum absolute atomic E-state index is 0.105. The zero-order valence-corrected chi connectivity index (χ0v) is 15.0. The predicted octanol–water partition coefficient (Wildman–Crippen LogP) is 5.09. The highest BCUT2D eigenvalue weighted by Crippen LogP contribution is 2.45. The predicted molar refractivity (Wildman–Crippen MR) is 94.0 cm³/mol. The van der Waals surface area contributed by atoms with Gasteiger partial charge in [0.05, 0.1) is 6.10 Å². The van der Waals surface area contributed by atoms with Crippen molar-refractivity contribution in [3.63, 3.8) is 0 Å². The summed E-state index contributed by atoms with van der Waals surface area (Å²) in [6.07, 6.45) is 2.06. The molecule has 3 rings (SSSR count). The summed E-state index contributed by atoms with van der Waals surface area (Å²) in [5.41, 5.74) is 3.43. The Balaban J connectivity index is 1.85. The normalized spacial score (nSPS) is 20.0. The quantitative estimate of drug-likeness (QED) is 0.719. The second-order valence-electron chi connectivity index (χ2n) is 6.28. The third-order valence-electron chi connectivity index (χ3n) is 4.22. The van der Waals surface area contributed by atoms with E-state index in [-0.39, 0.29) is 18.0 Å². The average molecular weight is 378 g/mol. The lowest BCUT2D eigenvalue weighted by molar-refractivity contribution is 0.0264. The van der Waals surface area contributed by atoms with E-state index in [0.717, 1.165) is 29.4 Å². The highest BCUT2D eigenvalue weighted by Gasteiger charge is 2.32. The van der Waals surface area contributed by atoms with E-state index in [0.29, 0.717) is 0 Å². The number of halogens is 2. The second kappa shape index (κ2) is 7.12. The minimum atomic E-state index is -0.219. The molecule has 0 aliphatic carbocycles. The summed E-state index contributed by atoms with van der Waals surface area (Å²) in [6, 6.07) is 12.9. The molecule has 4 heteroatoms. The molecule has 2 aromatic carbocycles. The van der Waals surface area contributed by atoms with E-state index in [2.05, 4.69) is 53.1 Å². The number of ether oxygens (including phenoxy) is 1. The zero-order chi connectivity index (χ0) is 16.4. The van der Waals surface area contributed by atoms with Gasteiger partial charge in [-0.25, -0.2) is 4.39 Å². The Morgan fingerprint density at radius 1 is 1.09 bits per heavy atom.